The third kappa shape index (κ3) is 14.2. The van der Waals surface area contributed by atoms with Gasteiger partial charge in [0.1, 0.15) is 63.4 Å². The zero-order valence-corrected chi connectivity index (χ0v) is 39.4. The quantitative estimate of drug-likeness (QED) is 0.0364. The maximum atomic E-state index is 13.4. The summed E-state index contributed by atoms with van der Waals surface area (Å²) in [4.78, 5) is 64.5. The van der Waals surface area contributed by atoms with Gasteiger partial charge in [0.25, 0.3) is 11.5 Å². The van der Waals surface area contributed by atoms with Crippen LogP contribution in [0.25, 0.3) is 33.3 Å². The number of carboxylic acids is 2. The molecule has 8 rings (SSSR count). The van der Waals surface area contributed by atoms with Gasteiger partial charge in [0, 0.05) is 47.6 Å². The number of aromatic nitrogens is 5. The summed E-state index contributed by atoms with van der Waals surface area (Å²) in [6.45, 7) is 0.956. The molecular formula is C49H47ClFN9O10S. The van der Waals surface area contributed by atoms with Gasteiger partial charge >= 0.3 is 11.9 Å². The van der Waals surface area contributed by atoms with Crippen LogP contribution in [0.15, 0.2) is 119 Å². The minimum atomic E-state index is -3.02. The summed E-state index contributed by atoms with van der Waals surface area (Å²) >= 11 is 6.47. The molecule has 0 unspecified atom stereocenters. The van der Waals surface area contributed by atoms with Crippen molar-refractivity contribution in [2.45, 2.75) is 44.9 Å². The molecule has 0 fully saturated rings. The number of rotatable bonds is 20. The lowest BCUT2D eigenvalue weighted by Crippen LogP contribution is -2.41. The molecule has 0 aliphatic rings. The van der Waals surface area contributed by atoms with Crippen molar-refractivity contribution in [2.24, 2.45) is 0 Å². The number of carbonyl (C=O) groups is 3. The number of aliphatic carboxylic acids is 2. The van der Waals surface area contributed by atoms with E-state index in [1.54, 1.807) is 54.7 Å². The van der Waals surface area contributed by atoms with Crippen LogP contribution in [0.2, 0.25) is 5.02 Å². The van der Waals surface area contributed by atoms with Crippen molar-refractivity contribution in [3.63, 3.8) is 0 Å². The highest BCUT2D eigenvalue weighted by atomic mass is 35.5. The molecule has 22 heteroatoms. The van der Waals surface area contributed by atoms with Crippen LogP contribution in [0.5, 0.6) is 5.75 Å². The lowest BCUT2D eigenvalue weighted by molar-refractivity contribution is -0.140. The van der Waals surface area contributed by atoms with Crippen molar-refractivity contribution < 1.29 is 46.6 Å². The maximum absolute atomic E-state index is 13.4. The minimum Gasteiger partial charge on any atom is -0.487 e. The van der Waals surface area contributed by atoms with Crippen molar-refractivity contribution in [3.05, 3.63) is 159 Å². The molecule has 0 radical (unpaired) electrons. The number of carboxylic acid groups (broad SMARTS) is 2. The average molecular weight is 1010 g/mol. The number of ether oxygens (including phenoxy) is 1. The number of carbonyl (C=O) groups excluding carboxylic acids is 1. The van der Waals surface area contributed by atoms with Crippen LogP contribution in [0.3, 0.4) is 0 Å². The Balaban J connectivity index is 0.000000216. The Morgan fingerprint density at radius 1 is 0.958 bits per heavy atom. The SMILES string of the molecule is CS(=O)(=O)CCNCc1ccc(-c2ccc3ncnc(Nc4ccc(OCc5cccc(F)c5)c(Cl)c4)c3c2)o1.Nc1nc2[nH]cc(CCc3ccc(C(=O)N[C@@H](CCC(=O)O)C(=O)O)cc3)c2c(=O)[nH]1. The Hall–Kier alpha value is -8.14. The topological polar surface area (TPSA) is 298 Å². The summed E-state index contributed by atoms with van der Waals surface area (Å²) < 4.78 is 47.8. The van der Waals surface area contributed by atoms with Crippen molar-refractivity contribution >= 4 is 78.7 Å². The van der Waals surface area contributed by atoms with E-state index in [4.69, 9.17) is 36.7 Å². The Morgan fingerprint density at radius 2 is 1.76 bits per heavy atom. The number of hydrogen-bond acceptors (Lipinski definition) is 14. The van der Waals surface area contributed by atoms with Gasteiger partial charge in [-0.15, -0.1) is 0 Å². The van der Waals surface area contributed by atoms with Crippen LogP contribution in [0, 0.1) is 5.82 Å². The first kappa shape index (κ1) is 50.7. The molecule has 0 saturated heterocycles. The van der Waals surface area contributed by atoms with Gasteiger partial charge in [0.05, 0.1) is 28.2 Å². The maximum Gasteiger partial charge on any atom is 0.326 e. The molecule has 0 spiro atoms. The van der Waals surface area contributed by atoms with Gasteiger partial charge in [-0.25, -0.2) is 27.6 Å². The Labute approximate surface area is 409 Å². The summed E-state index contributed by atoms with van der Waals surface area (Å²) in [6.07, 6.45) is 4.97. The van der Waals surface area contributed by atoms with Gasteiger partial charge in [-0.3, -0.25) is 19.4 Å². The number of nitrogens with one attached hydrogen (secondary N) is 5. The van der Waals surface area contributed by atoms with Crippen LogP contribution in [-0.4, -0.2) is 86.0 Å². The Bertz CT molecular complexity index is 3380. The number of sulfone groups is 1. The smallest absolute Gasteiger partial charge is 0.326 e. The first-order valence-electron chi connectivity index (χ1n) is 21.8. The number of anilines is 3. The number of hydrogen-bond donors (Lipinski definition) is 8. The van der Waals surface area contributed by atoms with E-state index in [0.29, 0.717) is 76.3 Å². The Morgan fingerprint density at radius 3 is 2.49 bits per heavy atom. The second-order valence-electron chi connectivity index (χ2n) is 16.2. The third-order valence-electron chi connectivity index (χ3n) is 10.8. The van der Waals surface area contributed by atoms with Crippen LogP contribution in [0.1, 0.15) is 45.7 Å². The van der Waals surface area contributed by atoms with Crippen molar-refractivity contribution in [3.8, 4) is 17.1 Å². The van der Waals surface area contributed by atoms with E-state index < -0.39 is 33.7 Å². The first-order chi connectivity index (χ1) is 34.0. The molecule has 4 aromatic carbocycles. The summed E-state index contributed by atoms with van der Waals surface area (Å²) in [5.74, 6) is -0.826. The molecule has 19 nitrogen and oxygen atoms in total. The summed E-state index contributed by atoms with van der Waals surface area (Å²) in [6, 6.07) is 26.3. The molecule has 1 atom stereocenters. The molecule has 368 valence electrons. The fourth-order valence-electron chi connectivity index (χ4n) is 7.21. The highest BCUT2D eigenvalue weighted by molar-refractivity contribution is 7.90. The second-order valence-corrected chi connectivity index (χ2v) is 18.9. The number of H-pyrrole nitrogens is 2. The second kappa shape index (κ2) is 23.0. The summed E-state index contributed by atoms with van der Waals surface area (Å²) in [5.41, 5.74) is 10.6. The van der Waals surface area contributed by atoms with Crippen LogP contribution >= 0.6 is 11.6 Å². The number of amides is 1. The van der Waals surface area contributed by atoms with Crippen molar-refractivity contribution in [2.75, 3.05) is 29.6 Å². The Kier molecular flexibility index (Phi) is 16.4. The van der Waals surface area contributed by atoms with Gasteiger partial charge in [-0.05, 0) is 109 Å². The van der Waals surface area contributed by atoms with Crippen LogP contribution < -0.4 is 32.0 Å². The van der Waals surface area contributed by atoms with E-state index in [1.807, 2.05) is 36.4 Å². The molecule has 0 aliphatic heterocycles. The van der Waals surface area contributed by atoms with Crippen LogP contribution in [-0.2, 0) is 45.4 Å². The lowest BCUT2D eigenvalue weighted by atomic mass is 10.0. The fraction of sp³-hybridized carbons (Fsp3) is 0.204. The van der Waals surface area contributed by atoms with Crippen molar-refractivity contribution in [1.82, 2.24) is 35.6 Å². The molecule has 9 N–H and O–H groups in total. The molecular weight excluding hydrogens is 961 g/mol. The number of nitrogens with two attached hydrogens (primary N) is 1. The number of furan rings is 1. The number of halogens is 2. The standard InChI is InChI=1S/C29H26ClFN4O4S.C20H21N5O6/c1-40(36,37)12-11-32-16-23-7-10-27(39-23)20-5-8-26-24(14-20)29(34-18-33-26)35-22-6-9-28(25(30)15-22)38-17-19-3-2-4-21(31)13-19;21-20-24-16-15(18(29)25-20)12(9-22-16)6-3-10-1-4-11(5-2-10)17(28)23-13(19(30)31)7-8-14(26)27/h2-10,13-15,18,32H,11-12,16-17H2,1H3,(H,33,34,35);1-2,4-5,9,13H,3,6-8H2,(H,23,28)(H,26,27)(H,30,31)(H4,21,22,24,25,29)/t;13-/m.0/s1. The zero-order chi connectivity index (χ0) is 50.7. The van der Waals surface area contributed by atoms with E-state index in [0.717, 1.165) is 27.6 Å². The van der Waals surface area contributed by atoms with Gasteiger partial charge < -0.3 is 46.0 Å². The largest absolute Gasteiger partial charge is 0.487 e. The van der Waals surface area contributed by atoms with Gasteiger partial charge in [-0.1, -0.05) is 35.9 Å². The molecule has 0 saturated carbocycles. The molecule has 4 aromatic heterocycles. The van der Waals surface area contributed by atoms with Gasteiger partial charge in [-0.2, -0.15) is 4.98 Å². The van der Waals surface area contributed by atoms with E-state index in [1.165, 1.54) is 24.7 Å². The molecule has 4 heterocycles. The third-order valence-corrected chi connectivity index (χ3v) is 12.0. The number of aromatic amines is 2. The monoisotopic (exact) mass is 1010 g/mol. The number of nitrogens with zero attached hydrogens (tertiary/aromatic N) is 3. The van der Waals surface area contributed by atoms with Crippen molar-refractivity contribution in [1.29, 1.82) is 0 Å². The number of fused-ring (bicyclic) bond motifs is 2. The number of nitrogen functional groups attached to an aromatic ring is 1. The summed E-state index contributed by atoms with van der Waals surface area (Å²) in [7, 11) is -3.02. The number of benzene rings is 4. The van der Waals surface area contributed by atoms with Gasteiger partial charge in [0.15, 0.2) is 0 Å². The molecule has 0 aliphatic carbocycles. The van der Waals surface area contributed by atoms with Crippen LogP contribution in [0.4, 0.5) is 21.8 Å². The van der Waals surface area contributed by atoms with E-state index in [2.05, 4.69) is 40.9 Å². The normalized spacial score (nSPS) is 11.7. The molecule has 71 heavy (non-hydrogen) atoms. The highest BCUT2D eigenvalue weighted by Crippen LogP contribution is 2.33. The predicted octanol–water partition coefficient (Wildman–Crippen LogP) is 6.81. The average Bonchev–Trinajstić information content (AvgIpc) is 3.98. The molecule has 1 amide bonds. The predicted molar refractivity (Wildman–Crippen MR) is 265 cm³/mol. The first-order valence-corrected chi connectivity index (χ1v) is 24.3. The summed E-state index contributed by atoms with van der Waals surface area (Å²) in [5, 5.41) is 28.2. The van der Waals surface area contributed by atoms with Gasteiger partial charge in [0.2, 0.25) is 5.95 Å². The lowest BCUT2D eigenvalue weighted by Gasteiger charge is -2.13. The number of aryl methyl sites for hydroxylation is 2. The molecule has 0 bridgehead atoms. The van der Waals surface area contributed by atoms with E-state index in [-0.39, 0.29) is 48.1 Å². The van der Waals surface area contributed by atoms with E-state index >= 15 is 0 Å². The molecule has 8 aromatic rings. The fourth-order valence-corrected chi connectivity index (χ4v) is 7.96. The highest BCUT2D eigenvalue weighted by Gasteiger charge is 2.22. The zero-order valence-electron chi connectivity index (χ0n) is 37.9. The van der Waals surface area contributed by atoms with E-state index in [9.17, 15) is 32.0 Å². The minimum absolute atomic E-state index is 0.0351.